The van der Waals surface area contributed by atoms with Crippen LogP contribution in [0.2, 0.25) is 0 Å². The van der Waals surface area contributed by atoms with E-state index in [0.29, 0.717) is 48.4 Å². The molecular formula is C46H47F5N4O10. The van der Waals surface area contributed by atoms with Crippen molar-refractivity contribution in [1.29, 1.82) is 0 Å². The number of hydrogen-bond donors (Lipinski definition) is 5. The number of piperidine rings is 1. The number of esters is 1. The molecule has 0 radical (unpaired) electrons. The van der Waals surface area contributed by atoms with Crippen molar-refractivity contribution in [3.05, 3.63) is 135 Å². The molecule has 1 fully saturated rings. The second kappa shape index (κ2) is 21.0. The van der Waals surface area contributed by atoms with E-state index < -0.39 is 58.6 Å². The molecule has 1 amide bonds. The Bertz CT molecular complexity index is 2540. The minimum Gasteiger partial charge on any atom is -0.479 e. The van der Waals surface area contributed by atoms with Crippen molar-refractivity contribution in [1.82, 2.24) is 19.8 Å². The number of nitrogens with zero attached hydrogens (tertiary/aromatic N) is 3. The fraction of sp³-hybridized carbons (Fsp3) is 0.348. The van der Waals surface area contributed by atoms with Gasteiger partial charge in [0.05, 0.1) is 30.0 Å². The molecule has 65 heavy (non-hydrogen) atoms. The summed E-state index contributed by atoms with van der Waals surface area (Å²) < 4.78 is 71.9. The number of aromatic nitrogens is 2. The van der Waals surface area contributed by atoms with Crippen molar-refractivity contribution in [2.24, 2.45) is 0 Å². The first-order chi connectivity index (χ1) is 30.6. The number of aryl methyl sites for hydroxylation is 2. The van der Waals surface area contributed by atoms with Crippen molar-refractivity contribution in [2.45, 2.75) is 82.5 Å². The van der Waals surface area contributed by atoms with E-state index in [-0.39, 0.29) is 54.7 Å². The van der Waals surface area contributed by atoms with Gasteiger partial charge in [0.1, 0.15) is 23.0 Å². The van der Waals surface area contributed by atoms with Crippen molar-refractivity contribution >= 4 is 34.7 Å². The average Bonchev–Trinajstić information content (AvgIpc) is 3.27. The highest BCUT2D eigenvalue weighted by molar-refractivity contribution is 5.88. The van der Waals surface area contributed by atoms with E-state index in [1.54, 1.807) is 49.1 Å². The van der Waals surface area contributed by atoms with Crippen LogP contribution < -0.4 is 5.56 Å². The molecule has 5 aromatic rings. The summed E-state index contributed by atoms with van der Waals surface area (Å²) in [7, 11) is 1.35. The number of halogens is 5. The zero-order chi connectivity index (χ0) is 47.8. The molecule has 5 N–H and O–H groups in total. The number of likely N-dealkylation sites (tertiary alicyclic amines) is 1. The average molecular weight is 911 g/mol. The van der Waals surface area contributed by atoms with E-state index in [4.69, 9.17) is 25.2 Å². The molecule has 6 rings (SSSR count). The molecular weight excluding hydrogens is 864 g/mol. The number of carboxylic acid groups (broad SMARTS) is 2. The van der Waals surface area contributed by atoms with Crippen LogP contribution in [0.5, 0.6) is 0 Å². The smallest absolute Gasteiger partial charge is 0.416 e. The highest BCUT2D eigenvalue weighted by Gasteiger charge is 2.39. The fourth-order valence-corrected chi connectivity index (χ4v) is 7.47. The lowest BCUT2D eigenvalue weighted by molar-refractivity contribution is -0.165. The molecule has 19 heteroatoms. The van der Waals surface area contributed by atoms with E-state index in [9.17, 15) is 45.9 Å². The largest absolute Gasteiger partial charge is 0.479 e. The molecule has 2 atom stereocenters. The van der Waals surface area contributed by atoms with Gasteiger partial charge in [0.2, 0.25) is 5.91 Å². The second-order valence-corrected chi connectivity index (χ2v) is 15.9. The summed E-state index contributed by atoms with van der Waals surface area (Å²) in [6, 6.07) is 20.5. The zero-order valence-electron chi connectivity index (χ0n) is 35.4. The van der Waals surface area contributed by atoms with Crippen LogP contribution in [0.15, 0.2) is 89.7 Å². The number of rotatable bonds is 14. The lowest BCUT2D eigenvalue weighted by atomic mass is 9.94. The molecule has 2 unspecified atom stereocenters. The third-order valence-corrected chi connectivity index (χ3v) is 11.2. The summed E-state index contributed by atoms with van der Waals surface area (Å²) in [5.74, 6) is -5.14. The fourth-order valence-electron chi connectivity index (χ4n) is 7.47. The Hall–Kier alpha value is -6.57. The van der Waals surface area contributed by atoms with E-state index in [2.05, 4.69) is 9.97 Å². The number of carbonyl (C=O) groups is 4. The Morgan fingerprint density at radius 3 is 1.97 bits per heavy atom. The number of alkyl halides is 3. The third-order valence-electron chi connectivity index (χ3n) is 11.2. The topological polar surface area (TPSA) is 211 Å². The van der Waals surface area contributed by atoms with Crippen LogP contribution in [0, 0.1) is 11.6 Å². The number of H-pyrrole nitrogens is 1. The third kappa shape index (κ3) is 12.4. The molecule has 1 aromatic heterocycles. The predicted octanol–water partition coefficient (Wildman–Crippen LogP) is 5.54. The number of aliphatic hydroxyl groups is 2. The number of aliphatic hydroxyl groups excluding tert-OH is 2. The molecule has 2 heterocycles. The number of nitrogens with one attached hydrogen (secondary N) is 1. The normalized spacial score (nSPS) is 14.5. The number of aromatic amines is 1. The molecule has 1 aliphatic rings. The van der Waals surface area contributed by atoms with Gasteiger partial charge in [0.15, 0.2) is 12.2 Å². The molecule has 346 valence electrons. The summed E-state index contributed by atoms with van der Waals surface area (Å²) in [5.41, 5.74) is 1.28. The van der Waals surface area contributed by atoms with Gasteiger partial charge in [-0.2, -0.15) is 13.2 Å². The first kappa shape index (κ1) is 49.4. The monoisotopic (exact) mass is 910 g/mol. The number of fused-ring (bicyclic) bond motifs is 1. The molecule has 0 saturated carbocycles. The van der Waals surface area contributed by atoms with Gasteiger partial charge in [-0.05, 0) is 85.2 Å². The Kier molecular flexibility index (Phi) is 15.9. The number of carboxylic acids is 2. The van der Waals surface area contributed by atoms with E-state index in [0.717, 1.165) is 29.3 Å². The van der Waals surface area contributed by atoms with Crippen LogP contribution in [0.3, 0.4) is 0 Å². The Balaban J connectivity index is 0.000000709. The highest BCUT2D eigenvalue weighted by atomic mass is 19.4. The minimum atomic E-state index is -4.43. The van der Waals surface area contributed by atoms with Crippen LogP contribution in [0.1, 0.15) is 54.8 Å². The van der Waals surface area contributed by atoms with E-state index in [1.165, 1.54) is 31.4 Å². The van der Waals surface area contributed by atoms with Crippen LogP contribution in [0.4, 0.5) is 22.0 Å². The number of methoxy groups -OCH3 is 1. The molecule has 0 spiro atoms. The number of benzene rings is 4. The van der Waals surface area contributed by atoms with Gasteiger partial charge < -0.3 is 35.0 Å². The molecule has 1 aliphatic heterocycles. The highest BCUT2D eigenvalue weighted by Crippen LogP contribution is 2.32. The van der Waals surface area contributed by atoms with Crippen molar-refractivity contribution < 1.29 is 66.3 Å². The lowest BCUT2D eigenvalue weighted by Crippen LogP contribution is -2.56. The number of hydrogen-bond acceptors (Lipinski definition) is 10. The van der Waals surface area contributed by atoms with Crippen molar-refractivity contribution in [3.63, 3.8) is 0 Å². The van der Waals surface area contributed by atoms with Gasteiger partial charge in [0, 0.05) is 38.2 Å². The summed E-state index contributed by atoms with van der Waals surface area (Å²) in [6.07, 6.45) is -7.52. The first-order valence-electron chi connectivity index (χ1n) is 20.3. The molecule has 0 bridgehead atoms. The first-order valence-corrected chi connectivity index (χ1v) is 20.3. The summed E-state index contributed by atoms with van der Waals surface area (Å²) in [4.78, 5) is 71.1. The van der Waals surface area contributed by atoms with Gasteiger partial charge in [0.25, 0.3) is 5.56 Å². The Morgan fingerprint density at radius 2 is 1.43 bits per heavy atom. The standard InChI is InChI=1S/C42H41F5N4O4.C4H6O6/c1-41(2,40(54)55-3)50-21-19-33(20-22-50)51(25-26-7-9-27(10-8-26)28-11-15-31(16-12-28)42(45,46)47)37(52)23-30-5-4-6-35-38(30)39(53)49-36(48-35)18-14-29-13-17-32(43)24-34(29)44;5-1(3(7)8)2(6)4(9)10/h4-13,15-17,24,33H,14,18-23,25H2,1-3H3,(H,48,49,53);1-2,5-6H,(H,7,8)(H,9,10). The summed E-state index contributed by atoms with van der Waals surface area (Å²) >= 11 is 0. The van der Waals surface area contributed by atoms with E-state index >= 15 is 0 Å². The van der Waals surface area contributed by atoms with Gasteiger partial charge >= 0.3 is 24.1 Å². The van der Waals surface area contributed by atoms with E-state index in [1.807, 2.05) is 17.0 Å². The number of carbonyl (C=O) groups excluding carboxylic acids is 2. The lowest BCUT2D eigenvalue weighted by Gasteiger charge is -2.43. The van der Waals surface area contributed by atoms with Gasteiger partial charge in [-0.25, -0.2) is 23.4 Å². The maximum absolute atomic E-state index is 14.3. The number of amides is 1. The molecule has 4 aromatic carbocycles. The maximum Gasteiger partial charge on any atom is 0.416 e. The summed E-state index contributed by atoms with van der Waals surface area (Å²) in [6.45, 7) is 4.91. The Labute approximate surface area is 368 Å². The van der Waals surface area contributed by atoms with Gasteiger partial charge in [-0.15, -0.1) is 0 Å². The molecule has 1 saturated heterocycles. The maximum atomic E-state index is 14.3. The summed E-state index contributed by atoms with van der Waals surface area (Å²) in [5, 5.41) is 32.8. The molecule has 14 nitrogen and oxygen atoms in total. The molecule has 0 aliphatic carbocycles. The van der Waals surface area contributed by atoms with Gasteiger partial charge in [-0.1, -0.05) is 54.6 Å². The second-order valence-electron chi connectivity index (χ2n) is 15.9. The Morgan fingerprint density at radius 1 is 0.846 bits per heavy atom. The van der Waals surface area contributed by atoms with Crippen LogP contribution in [0.25, 0.3) is 22.0 Å². The van der Waals surface area contributed by atoms with Gasteiger partial charge in [-0.3, -0.25) is 19.3 Å². The van der Waals surface area contributed by atoms with Crippen molar-refractivity contribution in [2.75, 3.05) is 20.2 Å². The minimum absolute atomic E-state index is 0.0975. The van der Waals surface area contributed by atoms with Crippen LogP contribution in [-0.2, 0) is 55.9 Å². The number of ether oxygens (including phenoxy) is 1. The SMILES string of the molecule is COC(=O)C(C)(C)N1CCC(N(Cc2ccc(-c3ccc(C(F)(F)F)cc3)cc2)C(=O)Cc2cccc3nc(CCc4ccc(F)cc4F)[nH]c(=O)c23)CC1.O=C(O)C(O)C(O)C(=O)O. The van der Waals surface area contributed by atoms with Crippen LogP contribution >= 0.6 is 0 Å². The quantitative estimate of drug-likeness (QED) is 0.0688. The van der Waals surface area contributed by atoms with Crippen molar-refractivity contribution in [3.8, 4) is 11.1 Å². The zero-order valence-corrected chi connectivity index (χ0v) is 35.4. The number of aliphatic carboxylic acids is 2. The predicted molar refractivity (Wildman–Crippen MR) is 225 cm³/mol. The van der Waals surface area contributed by atoms with Crippen LogP contribution in [-0.4, -0.2) is 108 Å².